The van der Waals surface area contributed by atoms with E-state index < -0.39 is 0 Å². The lowest BCUT2D eigenvalue weighted by Gasteiger charge is -2.33. The molecule has 0 saturated carbocycles. The van der Waals surface area contributed by atoms with Gasteiger partial charge in [0.15, 0.2) is 13.1 Å². The quantitative estimate of drug-likeness (QED) is 0.556. The molecule has 1 unspecified atom stereocenters. The first kappa shape index (κ1) is 21.4. The van der Waals surface area contributed by atoms with Crippen molar-refractivity contribution in [3.05, 3.63) is 35.9 Å². The van der Waals surface area contributed by atoms with Crippen LogP contribution in [0, 0.1) is 0 Å². The van der Waals surface area contributed by atoms with Crippen molar-refractivity contribution in [2.45, 2.75) is 39.8 Å². The Morgan fingerprint density at radius 2 is 1.78 bits per heavy atom. The molecule has 1 aromatic carbocycles. The van der Waals surface area contributed by atoms with Crippen LogP contribution in [0.4, 0.5) is 0 Å². The summed E-state index contributed by atoms with van der Waals surface area (Å²) >= 11 is 0. The molecule has 1 saturated heterocycles. The van der Waals surface area contributed by atoms with Gasteiger partial charge in [-0.15, -0.1) is 0 Å². The standard InChI is InChI=1S/C21H34N4O2/c1-5-23(15-18-9-7-6-8-10-18)17-20(27)25-13-11-24(12-14-25)16-19(26)22-21(2,3)4/h6-10H,5,11-17H2,1-4H3,(H,22,26)/p+2. The Bertz CT molecular complexity index is 604. The molecule has 2 rings (SSSR count). The molecule has 1 atom stereocenters. The molecule has 6 nitrogen and oxygen atoms in total. The molecule has 1 heterocycles. The van der Waals surface area contributed by atoms with Gasteiger partial charge in [0.25, 0.3) is 11.8 Å². The Labute approximate surface area is 163 Å². The predicted octanol–water partition coefficient (Wildman–Crippen LogP) is -1.27. The molecular formula is C21H36N4O2+2. The Hall–Kier alpha value is -1.92. The van der Waals surface area contributed by atoms with Gasteiger partial charge in [-0.2, -0.15) is 0 Å². The van der Waals surface area contributed by atoms with Gasteiger partial charge < -0.3 is 20.0 Å². The summed E-state index contributed by atoms with van der Waals surface area (Å²) in [4.78, 5) is 29.3. The number of nitrogens with one attached hydrogen (secondary N) is 3. The lowest BCUT2D eigenvalue weighted by molar-refractivity contribution is -0.905. The van der Waals surface area contributed by atoms with Crippen LogP contribution in [0.5, 0.6) is 0 Å². The molecule has 27 heavy (non-hydrogen) atoms. The zero-order valence-electron chi connectivity index (χ0n) is 17.3. The summed E-state index contributed by atoms with van der Waals surface area (Å²) in [5.74, 6) is 0.308. The zero-order valence-corrected chi connectivity index (χ0v) is 17.3. The number of hydrogen-bond acceptors (Lipinski definition) is 2. The van der Waals surface area contributed by atoms with Crippen LogP contribution in [0.1, 0.15) is 33.3 Å². The van der Waals surface area contributed by atoms with E-state index in [0.717, 1.165) is 39.3 Å². The minimum absolute atomic E-state index is 0.0849. The molecule has 0 spiro atoms. The van der Waals surface area contributed by atoms with Gasteiger partial charge in [0.05, 0.1) is 32.7 Å². The first-order valence-electron chi connectivity index (χ1n) is 10.1. The maximum Gasteiger partial charge on any atom is 0.278 e. The van der Waals surface area contributed by atoms with Crippen LogP contribution in [0.3, 0.4) is 0 Å². The largest absolute Gasteiger partial charge is 0.347 e. The third-order valence-corrected chi connectivity index (χ3v) is 4.95. The molecule has 1 aliphatic rings. The molecule has 1 aliphatic heterocycles. The van der Waals surface area contributed by atoms with E-state index in [9.17, 15) is 9.59 Å². The number of hydrogen-bond donors (Lipinski definition) is 3. The van der Waals surface area contributed by atoms with Gasteiger partial charge in [0.2, 0.25) is 0 Å². The fourth-order valence-electron chi connectivity index (χ4n) is 3.46. The van der Waals surface area contributed by atoms with E-state index in [1.807, 2.05) is 43.9 Å². The van der Waals surface area contributed by atoms with Gasteiger partial charge in [0.1, 0.15) is 6.54 Å². The normalized spacial score (nSPS) is 16.8. The van der Waals surface area contributed by atoms with Crippen molar-refractivity contribution in [2.75, 3.05) is 45.8 Å². The minimum atomic E-state index is -0.195. The summed E-state index contributed by atoms with van der Waals surface area (Å²) in [6.45, 7) is 14.1. The van der Waals surface area contributed by atoms with E-state index in [0.29, 0.717) is 13.1 Å². The number of carbonyl (C=O) groups excluding carboxylic acids is 2. The average molecular weight is 377 g/mol. The first-order chi connectivity index (χ1) is 12.8. The highest BCUT2D eigenvalue weighted by atomic mass is 16.2. The lowest BCUT2D eigenvalue weighted by Crippen LogP contribution is -3.16. The summed E-state index contributed by atoms with van der Waals surface area (Å²) in [7, 11) is 0. The summed E-state index contributed by atoms with van der Waals surface area (Å²) in [5, 5.41) is 3.01. The van der Waals surface area contributed by atoms with Crippen LogP contribution in [-0.2, 0) is 16.1 Å². The van der Waals surface area contributed by atoms with Crippen molar-refractivity contribution in [2.24, 2.45) is 0 Å². The Morgan fingerprint density at radius 3 is 2.33 bits per heavy atom. The molecule has 150 valence electrons. The highest BCUT2D eigenvalue weighted by Gasteiger charge is 2.28. The molecule has 3 N–H and O–H groups in total. The number of piperazine rings is 1. The Kier molecular flexibility index (Phi) is 7.80. The van der Waals surface area contributed by atoms with Crippen molar-refractivity contribution < 1.29 is 19.4 Å². The van der Waals surface area contributed by atoms with Crippen LogP contribution < -0.4 is 15.1 Å². The van der Waals surface area contributed by atoms with Crippen molar-refractivity contribution in [1.29, 1.82) is 0 Å². The topological polar surface area (TPSA) is 58.3 Å². The molecule has 6 heteroatoms. The third-order valence-electron chi connectivity index (χ3n) is 4.95. The van der Waals surface area contributed by atoms with Gasteiger partial charge >= 0.3 is 0 Å². The average Bonchev–Trinajstić information content (AvgIpc) is 2.61. The monoisotopic (exact) mass is 376 g/mol. The van der Waals surface area contributed by atoms with E-state index >= 15 is 0 Å². The second-order valence-corrected chi connectivity index (χ2v) is 8.55. The van der Waals surface area contributed by atoms with Crippen LogP contribution >= 0.6 is 0 Å². The Morgan fingerprint density at radius 1 is 1.15 bits per heavy atom. The van der Waals surface area contributed by atoms with Gasteiger partial charge in [-0.05, 0) is 27.7 Å². The second-order valence-electron chi connectivity index (χ2n) is 8.55. The van der Waals surface area contributed by atoms with Gasteiger partial charge in [0, 0.05) is 11.1 Å². The van der Waals surface area contributed by atoms with Crippen LogP contribution in [-0.4, -0.2) is 68.1 Å². The molecule has 0 aliphatic carbocycles. The SMILES string of the molecule is CC[NH+](CC(=O)N1CC[NH+](CC(=O)NC(C)(C)C)CC1)Cc1ccccc1. The number of carbonyl (C=O) groups is 2. The molecule has 0 aromatic heterocycles. The maximum atomic E-state index is 12.7. The van der Waals surface area contributed by atoms with E-state index in [-0.39, 0.29) is 17.4 Å². The number of quaternary nitrogens is 2. The number of benzene rings is 1. The summed E-state index contributed by atoms with van der Waals surface area (Å²) in [6.07, 6.45) is 0. The van der Waals surface area contributed by atoms with Crippen molar-refractivity contribution in [1.82, 2.24) is 10.2 Å². The molecule has 2 amide bonds. The summed E-state index contributed by atoms with van der Waals surface area (Å²) in [5.41, 5.74) is 1.07. The Balaban J connectivity index is 1.76. The third kappa shape index (κ3) is 7.69. The second kappa shape index (κ2) is 9.85. The smallest absolute Gasteiger partial charge is 0.278 e. The van der Waals surface area contributed by atoms with Crippen molar-refractivity contribution in [3.8, 4) is 0 Å². The van der Waals surface area contributed by atoms with E-state index in [1.165, 1.54) is 15.4 Å². The molecular weight excluding hydrogens is 340 g/mol. The minimum Gasteiger partial charge on any atom is -0.347 e. The highest BCUT2D eigenvalue weighted by Crippen LogP contribution is 1.97. The number of likely N-dealkylation sites (N-methyl/N-ethyl adjacent to an activating group) is 1. The lowest BCUT2D eigenvalue weighted by atomic mass is 10.1. The van der Waals surface area contributed by atoms with Gasteiger partial charge in [-0.1, -0.05) is 30.3 Å². The number of rotatable bonds is 7. The molecule has 1 fully saturated rings. The van der Waals surface area contributed by atoms with E-state index in [1.54, 1.807) is 0 Å². The number of nitrogens with zero attached hydrogens (tertiary/aromatic N) is 1. The van der Waals surface area contributed by atoms with Crippen LogP contribution in [0.2, 0.25) is 0 Å². The van der Waals surface area contributed by atoms with Gasteiger partial charge in [-0.25, -0.2) is 0 Å². The van der Waals surface area contributed by atoms with E-state index in [4.69, 9.17) is 0 Å². The number of amides is 2. The fraction of sp³-hybridized carbons (Fsp3) is 0.619. The fourth-order valence-corrected chi connectivity index (χ4v) is 3.46. The van der Waals surface area contributed by atoms with Crippen molar-refractivity contribution >= 4 is 11.8 Å². The summed E-state index contributed by atoms with van der Waals surface area (Å²) < 4.78 is 0. The summed E-state index contributed by atoms with van der Waals surface area (Å²) in [6, 6.07) is 10.3. The predicted molar refractivity (Wildman–Crippen MR) is 107 cm³/mol. The highest BCUT2D eigenvalue weighted by molar-refractivity contribution is 5.78. The van der Waals surface area contributed by atoms with Crippen LogP contribution in [0.15, 0.2) is 30.3 Å². The van der Waals surface area contributed by atoms with E-state index in [2.05, 4.69) is 24.4 Å². The van der Waals surface area contributed by atoms with Crippen LogP contribution in [0.25, 0.3) is 0 Å². The zero-order chi connectivity index (χ0) is 19.9. The molecule has 0 radical (unpaired) electrons. The van der Waals surface area contributed by atoms with Gasteiger partial charge in [-0.3, -0.25) is 9.59 Å². The first-order valence-corrected chi connectivity index (χ1v) is 10.1. The molecule has 1 aromatic rings. The maximum absolute atomic E-state index is 12.7. The van der Waals surface area contributed by atoms with Crippen molar-refractivity contribution in [3.63, 3.8) is 0 Å². The molecule has 0 bridgehead atoms.